The van der Waals surface area contributed by atoms with Crippen molar-refractivity contribution in [3.8, 4) is 0 Å². The molecule has 0 spiro atoms. The molecule has 0 aromatic carbocycles. The van der Waals surface area contributed by atoms with Gasteiger partial charge >= 0.3 is 6.18 Å². The van der Waals surface area contributed by atoms with Gasteiger partial charge in [0.1, 0.15) is 13.2 Å². The maximum atomic E-state index is 11.7. The van der Waals surface area contributed by atoms with Gasteiger partial charge in [0.2, 0.25) is 5.91 Å². The lowest BCUT2D eigenvalue weighted by Gasteiger charge is -2.11. The number of alkyl halides is 3. The molecule has 2 N–H and O–H groups in total. The Hall–Kier alpha value is -0.820. The van der Waals surface area contributed by atoms with Crippen LogP contribution in [-0.4, -0.2) is 44.4 Å². The summed E-state index contributed by atoms with van der Waals surface area (Å²) in [5.74, 6) is -0.737. The van der Waals surface area contributed by atoms with Crippen LogP contribution in [-0.2, 0) is 9.53 Å². The number of carbonyl (C=O) groups is 1. The van der Waals surface area contributed by atoms with E-state index in [9.17, 15) is 18.0 Å². The van der Waals surface area contributed by atoms with Crippen molar-refractivity contribution in [3.63, 3.8) is 0 Å². The molecular weight excluding hydrogens is 213 g/mol. The van der Waals surface area contributed by atoms with Crippen LogP contribution in [0, 0.1) is 0 Å². The van der Waals surface area contributed by atoms with Gasteiger partial charge in [-0.3, -0.25) is 4.79 Å². The molecule has 0 saturated carbocycles. The number of nitrogens with one attached hydrogen (secondary N) is 2. The van der Waals surface area contributed by atoms with Crippen molar-refractivity contribution in [1.29, 1.82) is 0 Å². The van der Waals surface area contributed by atoms with Crippen molar-refractivity contribution in [2.45, 2.75) is 18.7 Å². The molecule has 1 atom stereocenters. The third-order valence-electron chi connectivity index (χ3n) is 1.95. The highest BCUT2D eigenvalue weighted by molar-refractivity contribution is 5.77. The van der Waals surface area contributed by atoms with Gasteiger partial charge in [-0.2, -0.15) is 13.2 Å². The molecule has 0 bridgehead atoms. The molecule has 1 aliphatic rings. The summed E-state index contributed by atoms with van der Waals surface area (Å²) in [7, 11) is 0. The lowest BCUT2D eigenvalue weighted by molar-refractivity contribution is -0.142. The van der Waals surface area contributed by atoms with E-state index in [4.69, 9.17) is 4.74 Å². The average Bonchev–Trinajstić information content (AvgIpc) is 2.62. The van der Waals surface area contributed by atoms with E-state index in [0.717, 1.165) is 13.0 Å². The van der Waals surface area contributed by atoms with Gasteiger partial charge in [0.05, 0.1) is 6.10 Å². The number of hydrogen-bond acceptors (Lipinski definition) is 3. The zero-order chi connectivity index (χ0) is 11.3. The minimum atomic E-state index is -4.37. The highest BCUT2D eigenvalue weighted by Crippen LogP contribution is 2.12. The van der Waals surface area contributed by atoms with E-state index in [0.29, 0.717) is 6.54 Å². The monoisotopic (exact) mass is 226 g/mol. The summed E-state index contributed by atoms with van der Waals surface area (Å²) >= 11 is 0. The number of hydrogen-bond donors (Lipinski definition) is 2. The van der Waals surface area contributed by atoms with E-state index in [2.05, 4.69) is 5.32 Å². The van der Waals surface area contributed by atoms with E-state index in [1.165, 1.54) is 0 Å². The second-order valence-corrected chi connectivity index (χ2v) is 3.32. The molecule has 0 radical (unpaired) electrons. The van der Waals surface area contributed by atoms with Crippen LogP contribution in [0.1, 0.15) is 6.42 Å². The fraction of sp³-hybridized carbons (Fsp3) is 0.875. The summed E-state index contributed by atoms with van der Waals surface area (Å²) in [6, 6.07) is 0. The van der Waals surface area contributed by atoms with E-state index in [-0.39, 0.29) is 12.7 Å². The minimum Gasteiger partial charge on any atom is -0.367 e. The van der Waals surface area contributed by atoms with Crippen molar-refractivity contribution in [2.24, 2.45) is 0 Å². The van der Waals surface area contributed by atoms with Crippen molar-refractivity contribution in [2.75, 3.05) is 26.2 Å². The molecule has 1 heterocycles. The lowest BCUT2D eigenvalue weighted by atomic mass is 10.3. The van der Waals surface area contributed by atoms with Crippen LogP contribution in [0.25, 0.3) is 0 Å². The first-order valence-electron chi connectivity index (χ1n) is 4.63. The highest BCUT2D eigenvalue weighted by Gasteiger charge is 2.27. The van der Waals surface area contributed by atoms with Crippen LogP contribution >= 0.6 is 0 Å². The van der Waals surface area contributed by atoms with Gasteiger partial charge in [-0.1, -0.05) is 0 Å². The molecule has 0 aliphatic carbocycles. The third kappa shape index (κ3) is 5.58. The molecular formula is C8H13F3N2O2. The smallest absolute Gasteiger partial charge is 0.367 e. The first-order valence-corrected chi connectivity index (χ1v) is 4.63. The summed E-state index contributed by atoms with van der Waals surface area (Å²) in [6.45, 7) is -0.165. The van der Waals surface area contributed by atoms with Gasteiger partial charge in [0.15, 0.2) is 0 Å². The Kier molecular flexibility index (Phi) is 4.34. The largest absolute Gasteiger partial charge is 0.405 e. The molecule has 0 aromatic rings. The first-order chi connectivity index (χ1) is 6.97. The van der Waals surface area contributed by atoms with Crippen molar-refractivity contribution in [3.05, 3.63) is 0 Å². The predicted molar refractivity (Wildman–Crippen MR) is 46.3 cm³/mol. The molecule has 7 heteroatoms. The van der Waals surface area contributed by atoms with Gasteiger partial charge in [-0.15, -0.1) is 0 Å². The second-order valence-electron chi connectivity index (χ2n) is 3.32. The Morgan fingerprint density at radius 1 is 1.53 bits per heavy atom. The molecule has 1 saturated heterocycles. The number of amides is 1. The standard InChI is InChI=1S/C8H13F3N2O2/c9-8(10,11)5-13-7(14)4-15-6-1-2-12-3-6/h6,12H,1-5H2,(H,13,14). The van der Waals surface area contributed by atoms with Crippen LogP contribution in [0.3, 0.4) is 0 Å². The zero-order valence-corrected chi connectivity index (χ0v) is 8.06. The zero-order valence-electron chi connectivity index (χ0n) is 8.06. The molecule has 0 aromatic heterocycles. The number of halogens is 3. The molecule has 1 unspecified atom stereocenters. The topological polar surface area (TPSA) is 50.4 Å². The SMILES string of the molecule is O=C(COC1CCNC1)NCC(F)(F)F. The van der Waals surface area contributed by atoms with E-state index >= 15 is 0 Å². The molecule has 1 fully saturated rings. The van der Waals surface area contributed by atoms with Gasteiger partial charge in [-0.25, -0.2) is 0 Å². The molecule has 1 aliphatic heterocycles. The number of carbonyl (C=O) groups excluding carboxylic acids is 1. The van der Waals surface area contributed by atoms with E-state index < -0.39 is 18.6 Å². The molecule has 15 heavy (non-hydrogen) atoms. The van der Waals surface area contributed by atoms with Crippen molar-refractivity contribution < 1.29 is 22.7 Å². The normalized spacial score (nSPS) is 21.7. The van der Waals surface area contributed by atoms with Crippen LogP contribution in [0.4, 0.5) is 13.2 Å². The van der Waals surface area contributed by atoms with Gasteiger partial charge < -0.3 is 15.4 Å². The summed E-state index contributed by atoms with van der Waals surface area (Å²) in [5.41, 5.74) is 0. The summed E-state index contributed by atoms with van der Waals surface area (Å²) in [6.07, 6.45) is -3.65. The van der Waals surface area contributed by atoms with Crippen molar-refractivity contribution in [1.82, 2.24) is 10.6 Å². The quantitative estimate of drug-likeness (QED) is 0.711. The van der Waals surface area contributed by atoms with Gasteiger partial charge in [0, 0.05) is 6.54 Å². The molecule has 1 rings (SSSR count). The van der Waals surface area contributed by atoms with Crippen LogP contribution in [0.5, 0.6) is 0 Å². The first kappa shape index (κ1) is 12.3. The highest BCUT2D eigenvalue weighted by atomic mass is 19.4. The van der Waals surface area contributed by atoms with Gasteiger partial charge in [0.25, 0.3) is 0 Å². The van der Waals surface area contributed by atoms with Crippen LogP contribution in [0.15, 0.2) is 0 Å². The minimum absolute atomic E-state index is 0.0679. The fourth-order valence-electron chi connectivity index (χ4n) is 1.21. The maximum Gasteiger partial charge on any atom is 0.405 e. The average molecular weight is 226 g/mol. The Morgan fingerprint density at radius 3 is 2.80 bits per heavy atom. The number of rotatable bonds is 4. The van der Waals surface area contributed by atoms with E-state index in [1.54, 1.807) is 5.32 Å². The summed E-state index contributed by atoms with van der Waals surface area (Å²) < 4.78 is 40.2. The second kappa shape index (κ2) is 5.32. The van der Waals surface area contributed by atoms with Crippen LogP contribution < -0.4 is 10.6 Å². The maximum absolute atomic E-state index is 11.7. The fourth-order valence-corrected chi connectivity index (χ4v) is 1.21. The molecule has 88 valence electrons. The lowest BCUT2D eigenvalue weighted by Crippen LogP contribution is -2.37. The summed E-state index contributed by atoms with van der Waals surface area (Å²) in [5, 5.41) is 4.75. The Labute approximate surface area is 85.2 Å². The van der Waals surface area contributed by atoms with Gasteiger partial charge in [-0.05, 0) is 13.0 Å². The predicted octanol–water partition coefficient (Wildman–Crippen LogP) is 0.0434. The summed E-state index contributed by atoms with van der Waals surface area (Å²) in [4.78, 5) is 10.9. The molecule has 1 amide bonds. The Bertz CT molecular complexity index is 214. The van der Waals surface area contributed by atoms with Crippen LogP contribution in [0.2, 0.25) is 0 Å². The Morgan fingerprint density at radius 2 is 2.27 bits per heavy atom. The third-order valence-corrected chi connectivity index (χ3v) is 1.95. The van der Waals surface area contributed by atoms with Crippen molar-refractivity contribution >= 4 is 5.91 Å². The molecule has 4 nitrogen and oxygen atoms in total. The van der Waals surface area contributed by atoms with E-state index in [1.807, 2.05) is 0 Å². The number of ether oxygens (including phenoxy) is 1. The Balaban J connectivity index is 2.08.